The average Bonchev–Trinajstić information content (AvgIpc) is 2.66. The fraction of sp³-hybridized carbons (Fsp3) is 0.700. The highest BCUT2D eigenvalue weighted by Gasteiger charge is 2.18. The van der Waals surface area contributed by atoms with E-state index in [1.54, 1.807) is 12.4 Å². The predicted molar refractivity (Wildman–Crippen MR) is 51.7 cm³/mol. The normalized spacial score (nSPS) is 25.8. The van der Waals surface area contributed by atoms with Crippen LogP contribution in [0.15, 0.2) is 12.4 Å². The Bertz CT molecular complexity index is 310. The fourth-order valence-corrected chi connectivity index (χ4v) is 1.57. The maximum atomic E-state index is 7.53. The first-order valence-electron chi connectivity index (χ1n) is 5.51. The molecule has 78 valence electrons. The van der Waals surface area contributed by atoms with Crippen molar-refractivity contribution in [1.82, 2.24) is 9.96 Å². The lowest BCUT2D eigenvalue weighted by molar-refractivity contribution is -0.187. The van der Waals surface area contributed by atoms with Crippen molar-refractivity contribution in [2.75, 3.05) is 6.61 Å². The van der Waals surface area contributed by atoms with Crippen LogP contribution >= 0.6 is 0 Å². The lowest BCUT2D eigenvalue weighted by Gasteiger charge is -2.25. The van der Waals surface area contributed by atoms with E-state index in [0.717, 1.165) is 25.9 Å². The predicted octanol–water partition coefficient (Wildman–Crippen LogP) is 2.01. The van der Waals surface area contributed by atoms with Gasteiger partial charge in [-0.2, -0.15) is 0 Å². The van der Waals surface area contributed by atoms with Gasteiger partial charge >= 0.3 is 0 Å². The summed E-state index contributed by atoms with van der Waals surface area (Å²) in [5.74, 6) is 0.615. The van der Waals surface area contributed by atoms with Crippen LogP contribution in [-0.4, -0.2) is 22.9 Å². The number of hydrogen-bond donors (Lipinski definition) is 1. The molecule has 0 amide bonds. The molecule has 0 aliphatic carbocycles. The van der Waals surface area contributed by atoms with Crippen molar-refractivity contribution in [2.24, 2.45) is 0 Å². The summed E-state index contributed by atoms with van der Waals surface area (Å²) in [6, 6.07) is 0. The third kappa shape index (κ3) is 2.33. The molecule has 1 unspecified atom stereocenters. The molecule has 0 radical (unpaired) electrons. The lowest BCUT2D eigenvalue weighted by atomic mass is 10.2. The van der Waals surface area contributed by atoms with Crippen molar-refractivity contribution in [2.45, 2.75) is 38.6 Å². The number of nitrogens with one attached hydrogen (secondary N) is 1. The summed E-state index contributed by atoms with van der Waals surface area (Å²) < 4.78 is 18.7. The molecule has 1 aromatic heterocycles. The van der Waals surface area contributed by atoms with E-state index in [1.165, 1.54) is 4.98 Å². The lowest BCUT2D eigenvalue weighted by Crippen LogP contribution is -2.23. The van der Waals surface area contributed by atoms with Gasteiger partial charge in [-0.3, -0.25) is 0 Å². The molecule has 0 aromatic carbocycles. The highest BCUT2D eigenvalue weighted by atomic mass is 16.7. The summed E-state index contributed by atoms with van der Waals surface area (Å²) in [4.78, 5) is 5.31. The summed E-state index contributed by atoms with van der Waals surface area (Å²) in [5, 5.41) is 0. The van der Waals surface area contributed by atoms with E-state index >= 15 is 0 Å². The van der Waals surface area contributed by atoms with Crippen LogP contribution in [0.5, 0.6) is 0 Å². The number of nitrogens with zero attached hydrogens (tertiary/aromatic N) is 1. The van der Waals surface area contributed by atoms with Crippen LogP contribution in [-0.2, 0) is 9.47 Å². The number of hydrogen-bond acceptors (Lipinski definition) is 3. The monoisotopic (exact) mass is 197 g/mol. The van der Waals surface area contributed by atoms with Gasteiger partial charge in [0.25, 0.3) is 0 Å². The van der Waals surface area contributed by atoms with Crippen molar-refractivity contribution in [1.29, 1.82) is 0 Å². The van der Waals surface area contributed by atoms with Crippen LogP contribution in [0.4, 0.5) is 0 Å². The van der Waals surface area contributed by atoms with E-state index < -0.39 is 0 Å². The standard InChI is InChI=1S/C10H16N2O2/c1-8(10-11-5-6-12-10)14-9-4-2-3-7-13-9/h5-6,8-9H,2-4,7H2,1H3,(H,11,12)/t8-,9?/m0/s1/i/hD. The second-order valence-corrected chi connectivity index (χ2v) is 3.49. The molecular formula is C10H16N2O2. The molecule has 0 bridgehead atoms. The van der Waals surface area contributed by atoms with Crippen molar-refractivity contribution in [3.05, 3.63) is 18.2 Å². The van der Waals surface area contributed by atoms with Gasteiger partial charge in [0.15, 0.2) is 7.70 Å². The quantitative estimate of drug-likeness (QED) is 0.806. The summed E-state index contributed by atoms with van der Waals surface area (Å²) in [6.45, 7) is 2.66. The average molecular weight is 197 g/mol. The Balaban J connectivity index is 1.91. The molecule has 2 atom stereocenters. The van der Waals surface area contributed by atoms with Crippen molar-refractivity contribution >= 4 is 0 Å². The van der Waals surface area contributed by atoms with E-state index in [-0.39, 0.29) is 12.4 Å². The molecule has 4 nitrogen and oxygen atoms in total. The fourth-order valence-electron chi connectivity index (χ4n) is 1.57. The van der Waals surface area contributed by atoms with E-state index in [9.17, 15) is 0 Å². The maximum Gasteiger partial charge on any atom is 0.167 e. The molecule has 0 spiro atoms. The summed E-state index contributed by atoms with van der Waals surface area (Å²) in [7, 11) is 0. The zero-order valence-electron chi connectivity index (χ0n) is 9.35. The highest BCUT2D eigenvalue weighted by Crippen LogP contribution is 2.20. The SMILES string of the molecule is [2H]n1ccnc1[C@H](C)OC1CCCCO1. The largest absolute Gasteiger partial charge is 0.353 e. The molecule has 1 aliphatic rings. The van der Waals surface area contributed by atoms with Crippen LogP contribution in [0.2, 0.25) is 1.41 Å². The first-order valence-corrected chi connectivity index (χ1v) is 5.07. The Morgan fingerprint density at radius 2 is 2.71 bits per heavy atom. The van der Waals surface area contributed by atoms with Gasteiger partial charge in [-0.25, -0.2) is 4.98 Å². The molecule has 14 heavy (non-hydrogen) atoms. The molecule has 1 saturated heterocycles. The van der Waals surface area contributed by atoms with Crippen LogP contribution in [0.1, 0.15) is 38.1 Å². The Kier molecular flexibility index (Phi) is 2.76. The Morgan fingerprint density at radius 3 is 3.36 bits per heavy atom. The smallest absolute Gasteiger partial charge is 0.167 e. The number of aromatic nitrogens is 2. The topological polar surface area (TPSA) is 47.1 Å². The first-order chi connectivity index (χ1) is 7.27. The molecule has 2 heterocycles. The number of aromatic amines is 1. The van der Waals surface area contributed by atoms with Gasteiger partial charge in [0.1, 0.15) is 11.9 Å². The molecule has 4 heteroatoms. The van der Waals surface area contributed by atoms with E-state index in [2.05, 4.69) is 4.98 Å². The minimum Gasteiger partial charge on any atom is -0.353 e. The number of ether oxygens (including phenoxy) is 2. The van der Waals surface area contributed by atoms with E-state index in [4.69, 9.17) is 10.9 Å². The zero-order chi connectivity index (χ0) is 10.7. The van der Waals surface area contributed by atoms with Gasteiger partial charge in [0, 0.05) is 19.0 Å². The van der Waals surface area contributed by atoms with Gasteiger partial charge in [0.2, 0.25) is 0 Å². The Labute approximate surface area is 85.1 Å². The van der Waals surface area contributed by atoms with Crippen LogP contribution in [0, 0.1) is 0 Å². The molecule has 1 fully saturated rings. The second kappa shape index (κ2) is 4.57. The number of H-pyrrole nitrogens is 1. The van der Waals surface area contributed by atoms with Gasteiger partial charge in [0.05, 0.1) is 0 Å². The molecular weight excluding hydrogens is 180 g/mol. The Morgan fingerprint density at radius 1 is 1.79 bits per heavy atom. The van der Waals surface area contributed by atoms with Crippen LogP contribution in [0.3, 0.4) is 0 Å². The molecule has 2 rings (SSSR count). The summed E-state index contributed by atoms with van der Waals surface area (Å²) in [6.07, 6.45) is 6.06. The van der Waals surface area contributed by atoms with Gasteiger partial charge < -0.3 is 14.5 Å². The van der Waals surface area contributed by atoms with E-state index in [1.807, 2.05) is 6.92 Å². The number of rotatable bonds is 3. The van der Waals surface area contributed by atoms with Crippen LogP contribution < -0.4 is 0 Å². The number of imidazole rings is 1. The van der Waals surface area contributed by atoms with Crippen molar-refractivity contribution in [3.63, 3.8) is 0 Å². The molecule has 1 aromatic rings. The third-order valence-corrected chi connectivity index (χ3v) is 2.34. The van der Waals surface area contributed by atoms with E-state index in [0.29, 0.717) is 5.82 Å². The van der Waals surface area contributed by atoms with Crippen molar-refractivity contribution in [3.8, 4) is 0 Å². The maximum absolute atomic E-state index is 7.53. The highest BCUT2D eigenvalue weighted by molar-refractivity contribution is 4.90. The van der Waals surface area contributed by atoms with Gasteiger partial charge in [-0.05, 0) is 26.2 Å². The first kappa shape index (κ1) is 8.44. The van der Waals surface area contributed by atoms with Gasteiger partial charge in [-0.1, -0.05) is 0 Å². The minimum absolute atomic E-state index is 0.134. The van der Waals surface area contributed by atoms with Crippen molar-refractivity contribution < 1.29 is 10.9 Å². The zero-order valence-corrected chi connectivity index (χ0v) is 8.35. The molecule has 0 saturated carbocycles. The van der Waals surface area contributed by atoms with Crippen LogP contribution in [0.25, 0.3) is 0 Å². The summed E-state index contributed by atoms with van der Waals surface area (Å²) in [5.41, 5.74) is 0. The second-order valence-electron chi connectivity index (χ2n) is 3.49. The minimum atomic E-state index is -0.194. The molecule has 1 aliphatic heterocycles. The third-order valence-electron chi connectivity index (χ3n) is 2.34. The van der Waals surface area contributed by atoms with Gasteiger partial charge in [-0.15, -0.1) is 0 Å². The Hall–Kier alpha value is -0.870. The summed E-state index contributed by atoms with van der Waals surface area (Å²) >= 11 is 0. The molecule has 1 N–H and O–H groups in total.